The van der Waals surface area contributed by atoms with Crippen LogP contribution in [-0.2, 0) is 0 Å². The second kappa shape index (κ2) is 7.66. The molecule has 0 amide bonds. The predicted molar refractivity (Wildman–Crippen MR) is 95.9 cm³/mol. The molecule has 0 fully saturated rings. The molecule has 0 N–H and O–H groups in total. The van der Waals surface area contributed by atoms with Gasteiger partial charge in [0.15, 0.2) is 6.29 Å². The van der Waals surface area contributed by atoms with Gasteiger partial charge in [-0.1, -0.05) is 23.4 Å². The van der Waals surface area contributed by atoms with Gasteiger partial charge in [-0.05, 0) is 55.5 Å². The molecule has 3 aromatic rings. The van der Waals surface area contributed by atoms with E-state index in [1.807, 2.05) is 0 Å². The van der Waals surface area contributed by atoms with E-state index in [4.69, 9.17) is 11.6 Å². The summed E-state index contributed by atoms with van der Waals surface area (Å²) in [6.07, 6.45) is -4.04. The fourth-order valence-corrected chi connectivity index (χ4v) is 3.49. The van der Waals surface area contributed by atoms with Crippen LogP contribution in [0.25, 0.3) is 5.69 Å². The lowest BCUT2D eigenvalue weighted by atomic mass is 10.3. The number of alkyl halides is 3. The number of hydrogen-bond donors (Lipinski definition) is 0. The highest BCUT2D eigenvalue weighted by molar-refractivity contribution is 7.99. The van der Waals surface area contributed by atoms with E-state index in [2.05, 4.69) is 9.84 Å². The molecular formula is C18H12ClF3N2O2S. The monoisotopic (exact) mass is 412 g/mol. The first-order chi connectivity index (χ1) is 12.8. The third-order valence-corrected chi connectivity index (χ3v) is 4.87. The summed E-state index contributed by atoms with van der Waals surface area (Å²) in [7, 11) is 0. The van der Waals surface area contributed by atoms with Gasteiger partial charge in [-0.15, -0.1) is 13.2 Å². The molecule has 3 rings (SSSR count). The van der Waals surface area contributed by atoms with Crippen molar-refractivity contribution in [3.05, 3.63) is 64.8 Å². The number of halogens is 4. The third-order valence-electron chi connectivity index (χ3n) is 3.52. The number of ether oxygens (including phenoxy) is 1. The Bertz CT molecular complexity index is 954. The molecule has 140 valence electrons. The maximum Gasteiger partial charge on any atom is 0.573 e. The lowest BCUT2D eigenvalue weighted by Gasteiger charge is -2.10. The van der Waals surface area contributed by atoms with E-state index in [9.17, 15) is 18.0 Å². The minimum Gasteiger partial charge on any atom is -0.406 e. The van der Waals surface area contributed by atoms with Crippen LogP contribution in [0.2, 0.25) is 5.02 Å². The minimum atomic E-state index is -4.75. The highest BCUT2D eigenvalue weighted by atomic mass is 35.5. The van der Waals surface area contributed by atoms with Gasteiger partial charge in [0, 0.05) is 9.92 Å². The molecule has 0 aliphatic rings. The summed E-state index contributed by atoms with van der Waals surface area (Å²) in [6.45, 7) is 1.71. The molecule has 2 aromatic carbocycles. The zero-order valence-electron chi connectivity index (χ0n) is 13.8. The SMILES string of the molecule is Cc1nn(-c2ccc(Cl)cc2)c(Sc2ccc(OC(F)(F)F)cc2)c1C=O. The Hall–Kier alpha value is -2.45. The first-order valence-electron chi connectivity index (χ1n) is 7.61. The van der Waals surface area contributed by atoms with Crippen molar-refractivity contribution in [3.8, 4) is 11.4 Å². The molecule has 0 aliphatic carbocycles. The highest BCUT2D eigenvalue weighted by Crippen LogP contribution is 2.34. The molecule has 0 saturated carbocycles. The molecule has 1 aromatic heterocycles. The molecule has 0 radical (unpaired) electrons. The van der Waals surface area contributed by atoms with E-state index in [0.717, 1.165) is 0 Å². The molecule has 0 aliphatic heterocycles. The number of aryl methyl sites for hydroxylation is 1. The van der Waals surface area contributed by atoms with Crippen LogP contribution in [0.4, 0.5) is 13.2 Å². The third kappa shape index (κ3) is 4.64. The lowest BCUT2D eigenvalue weighted by molar-refractivity contribution is -0.274. The second-order valence-corrected chi connectivity index (χ2v) is 6.93. The first-order valence-corrected chi connectivity index (χ1v) is 8.80. The average Bonchev–Trinajstić information content (AvgIpc) is 2.91. The summed E-state index contributed by atoms with van der Waals surface area (Å²) in [4.78, 5) is 12.1. The number of rotatable bonds is 5. The van der Waals surface area contributed by atoms with Crippen molar-refractivity contribution in [1.29, 1.82) is 0 Å². The molecule has 9 heteroatoms. The fourth-order valence-electron chi connectivity index (χ4n) is 2.33. The van der Waals surface area contributed by atoms with Crippen LogP contribution < -0.4 is 4.74 Å². The van der Waals surface area contributed by atoms with Crippen molar-refractivity contribution in [3.63, 3.8) is 0 Å². The van der Waals surface area contributed by atoms with Crippen molar-refractivity contribution < 1.29 is 22.7 Å². The largest absolute Gasteiger partial charge is 0.573 e. The predicted octanol–water partition coefficient (Wildman–Crippen LogP) is 5.70. The maximum atomic E-state index is 12.3. The van der Waals surface area contributed by atoms with Crippen LogP contribution >= 0.6 is 23.4 Å². The zero-order valence-corrected chi connectivity index (χ0v) is 15.4. The number of benzene rings is 2. The topological polar surface area (TPSA) is 44.1 Å². The Labute approximate surface area is 161 Å². The molecule has 4 nitrogen and oxygen atoms in total. The van der Waals surface area contributed by atoms with Crippen molar-refractivity contribution in [2.45, 2.75) is 23.2 Å². The van der Waals surface area contributed by atoms with Crippen molar-refractivity contribution in [2.24, 2.45) is 0 Å². The van der Waals surface area contributed by atoms with Gasteiger partial charge in [0.1, 0.15) is 10.8 Å². The van der Waals surface area contributed by atoms with E-state index in [1.165, 1.54) is 36.0 Å². The summed E-state index contributed by atoms with van der Waals surface area (Å²) >= 11 is 7.12. The van der Waals surface area contributed by atoms with E-state index >= 15 is 0 Å². The molecular weight excluding hydrogens is 401 g/mol. The van der Waals surface area contributed by atoms with Crippen LogP contribution in [0.15, 0.2) is 58.5 Å². The van der Waals surface area contributed by atoms with Gasteiger partial charge in [0.05, 0.1) is 16.9 Å². The number of carbonyl (C=O) groups excluding carboxylic acids is 1. The van der Waals surface area contributed by atoms with Crippen LogP contribution in [0.1, 0.15) is 16.1 Å². The Morgan fingerprint density at radius 1 is 1.11 bits per heavy atom. The summed E-state index contributed by atoms with van der Waals surface area (Å²) in [6, 6.07) is 12.3. The van der Waals surface area contributed by atoms with E-state index in [-0.39, 0.29) is 5.75 Å². The normalized spacial score (nSPS) is 11.4. The molecule has 0 bridgehead atoms. The van der Waals surface area contributed by atoms with Crippen LogP contribution in [0.5, 0.6) is 5.75 Å². The lowest BCUT2D eigenvalue weighted by Crippen LogP contribution is -2.16. The van der Waals surface area contributed by atoms with Crippen molar-refractivity contribution >= 4 is 29.6 Å². The van der Waals surface area contributed by atoms with Gasteiger partial charge in [-0.3, -0.25) is 4.79 Å². The van der Waals surface area contributed by atoms with Gasteiger partial charge in [0.25, 0.3) is 0 Å². The molecule has 27 heavy (non-hydrogen) atoms. The quantitative estimate of drug-likeness (QED) is 0.504. The first kappa shape index (κ1) is 19.3. The van der Waals surface area contributed by atoms with Gasteiger partial charge in [0.2, 0.25) is 0 Å². The Kier molecular flexibility index (Phi) is 5.48. The maximum absolute atomic E-state index is 12.3. The minimum absolute atomic E-state index is 0.315. The van der Waals surface area contributed by atoms with Crippen LogP contribution in [0, 0.1) is 6.92 Å². The standard InChI is InChI=1S/C18H12ClF3N2O2S/c1-11-16(10-25)17(24(23-11)13-4-2-12(19)3-5-13)27-15-8-6-14(7-9-15)26-18(20,21)22/h2-10H,1H3. The number of aromatic nitrogens is 2. The molecule has 0 saturated heterocycles. The summed E-state index contributed by atoms with van der Waals surface area (Å²) < 4.78 is 42.3. The van der Waals surface area contributed by atoms with Crippen molar-refractivity contribution in [1.82, 2.24) is 9.78 Å². The Morgan fingerprint density at radius 3 is 2.30 bits per heavy atom. The molecule has 0 spiro atoms. The van der Waals surface area contributed by atoms with Gasteiger partial charge in [-0.25, -0.2) is 4.68 Å². The van der Waals surface area contributed by atoms with Crippen LogP contribution in [-0.4, -0.2) is 22.4 Å². The fraction of sp³-hybridized carbons (Fsp3) is 0.111. The second-order valence-electron chi connectivity index (χ2n) is 5.43. The molecule has 0 atom stereocenters. The Morgan fingerprint density at radius 2 is 1.74 bits per heavy atom. The van der Waals surface area contributed by atoms with Crippen LogP contribution in [0.3, 0.4) is 0 Å². The smallest absolute Gasteiger partial charge is 0.406 e. The number of aldehydes is 1. The van der Waals surface area contributed by atoms with E-state index < -0.39 is 6.36 Å². The summed E-state index contributed by atoms with van der Waals surface area (Å²) in [5.74, 6) is -0.315. The van der Waals surface area contributed by atoms with Gasteiger partial charge in [-0.2, -0.15) is 5.10 Å². The zero-order chi connectivity index (χ0) is 19.6. The van der Waals surface area contributed by atoms with Gasteiger partial charge < -0.3 is 4.74 Å². The summed E-state index contributed by atoms with van der Waals surface area (Å²) in [5, 5.41) is 5.50. The molecule has 0 unspecified atom stereocenters. The number of nitrogens with zero attached hydrogens (tertiary/aromatic N) is 2. The van der Waals surface area contributed by atoms with Gasteiger partial charge >= 0.3 is 6.36 Å². The molecule has 1 heterocycles. The highest BCUT2D eigenvalue weighted by Gasteiger charge is 2.31. The summed E-state index contributed by atoms with van der Waals surface area (Å²) in [5.41, 5.74) is 1.65. The van der Waals surface area contributed by atoms with E-state index in [1.54, 1.807) is 35.9 Å². The van der Waals surface area contributed by atoms with Crippen molar-refractivity contribution in [2.75, 3.05) is 0 Å². The average molecular weight is 413 g/mol. The van der Waals surface area contributed by atoms with E-state index in [0.29, 0.717) is 38.2 Å². The number of hydrogen-bond acceptors (Lipinski definition) is 4. The number of carbonyl (C=O) groups is 1. The Balaban J connectivity index is 1.94.